The van der Waals surface area contributed by atoms with Gasteiger partial charge < -0.3 is 19.5 Å². The van der Waals surface area contributed by atoms with Gasteiger partial charge in [-0.1, -0.05) is 36.4 Å². The Bertz CT molecular complexity index is 1110. The summed E-state index contributed by atoms with van der Waals surface area (Å²) < 4.78 is 7.81. The molecule has 0 saturated carbocycles. The molecule has 0 aliphatic heterocycles. The van der Waals surface area contributed by atoms with Crippen LogP contribution in [0.3, 0.4) is 0 Å². The fourth-order valence-corrected chi connectivity index (χ4v) is 3.62. The zero-order valence-corrected chi connectivity index (χ0v) is 15.5. The number of aromatic carboxylic acids is 1. The summed E-state index contributed by atoms with van der Waals surface area (Å²) in [5.41, 5.74) is 3.02. The van der Waals surface area contributed by atoms with Crippen LogP contribution in [-0.4, -0.2) is 33.5 Å². The molecule has 28 heavy (non-hydrogen) atoms. The highest BCUT2D eigenvalue weighted by molar-refractivity contribution is 6.07. The third kappa shape index (κ3) is 3.32. The normalized spacial score (nSPS) is 12.4. The van der Waals surface area contributed by atoms with E-state index in [1.165, 1.54) is 6.07 Å². The maximum absolute atomic E-state index is 11.1. The highest BCUT2D eigenvalue weighted by atomic mass is 16.5. The maximum atomic E-state index is 11.1. The summed E-state index contributed by atoms with van der Waals surface area (Å²) in [5.74, 6) is -0.417. The van der Waals surface area contributed by atoms with E-state index in [9.17, 15) is 9.90 Å². The predicted octanol–water partition coefficient (Wildman–Crippen LogP) is 4.24. The molecule has 0 saturated heterocycles. The molecule has 0 aliphatic rings. The smallest absolute Gasteiger partial charge is 0.335 e. The lowest BCUT2D eigenvalue weighted by Gasteiger charge is -2.15. The van der Waals surface area contributed by atoms with Crippen LogP contribution in [0, 0.1) is 6.92 Å². The summed E-state index contributed by atoms with van der Waals surface area (Å²) in [6.45, 7) is 2.25. The van der Waals surface area contributed by atoms with Crippen LogP contribution in [0.4, 0.5) is 0 Å². The van der Waals surface area contributed by atoms with Crippen molar-refractivity contribution < 1.29 is 19.7 Å². The molecule has 142 valence electrons. The van der Waals surface area contributed by atoms with Gasteiger partial charge >= 0.3 is 5.97 Å². The number of hydrogen-bond donors (Lipinski definition) is 2. The highest BCUT2D eigenvalue weighted by Crippen LogP contribution is 2.29. The van der Waals surface area contributed by atoms with Crippen molar-refractivity contribution in [1.29, 1.82) is 0 Å². The molecule has 1 atom stereocenters. The van der Waals surface area contributed by atoms with Gasteiger partial charge in [0.25, 0.3) is 0 Å². The highest BCUT2D eigenvalue weighted by Gasteiger charge is 2.14. The topological polar surface area (TPSA) is 71.7 Å². The Morgan fingerprint density at radius 1 is 1.00 bits per heavy atom. The van der Waals surface area contributed by atoms with Crippen molar-refractivity contribution >= 4 is 27.8 Å². The summed E-state index contributed by atoms with van der Waals surface area (Å²) in [7, 11) is 0. The second-order valence-corrected chi connectivity index (χ2v) is 6.89. The quantitative estimate of drug-likeness (QED) is 0.529. The van der Waals surface area contributed by atoms with E-state index in [0.29, 0.717) is 17.9 Å². The Morgan fingerprint density at radius 3 is 2.18 bits per heavy atom. The van der Waals surface area contributed by atoms with Crippen molar-refractivity contribution in [3.05, 3.63) is 77.9 Å². The zero-order valence-electron chi connectivity index (χ0n) is 15.5. The van der Waals surface area contributed by atoms with Crippen LogP contribution in [0.25, 0.3) is 21.8 Å². The number of aliphatic hydroxyl groups excluding tert-OH is 1. The molecule has 1 heterocycles. The lowest BCUT2D eigenvalue weighted by atomic mass is 10.1. The number of benzene rings is 3. The third-order valence-electron chi connectivity index (χ3n) is 4.94. The molecule has 0 fully saturated rings. The van der Waals surface area contributed by atoms with E-state index < -0.39 is 12.1 Å². The van der Waals surface area contributed by atoms with Crippen LogP contribution >= 0.6 is 0 Å². The average molecular weight is 375 g/mol. The van der Waals surface area contributed by atoms with E-state index >= 15 is 0 Å². The Labute approximate surface area is 162 Å². The largest absolute Gasteiger partial charge is 0.491 e. The first-order chi connectivity index (χ1) is 13.5. The first-order valence-corrected chi connectivity index (χ1v) is 9.15. The van der Waals surface area contributed by atoms with Crippen molar-refractivity contribution in [3.8, 4) is 5.75 Å². The molecule has 0 spiro atoms. The summed E-state index contributed by atoms with van der Waals surface area (Å²) in [6.07, 6.45) is -0.710. The molecular formula is C23H21NO4. The minimum Gasteiger partial charge on any atom is -0.491 e. The van der Waals surface area contributed by atoms with Gasteiger partial charge in [-0.25, -0.2) is 4.79 Å². The van der Waals surface area contributed by atoms with Gasteiger partial charge in [-0.3, -0.25) is 0 Å². The fraction of sp³-hybridized carbons (Fsp3) is 0.174. The molecular weight excluding hydrogens is 354 g/mol. The number of aryl methyl sites for hydroxylation is 1. The van der Waals surface area contributed by atoms with Crippen molar-refractivity contribution in [3.63, 3.8) is 0 Å². The molecule has 1 aromatic heterocycles. The van der Waals surface area contributed by atoms with Crippen LogP contribution in [0.5, 0.6) is 5.75 Å². The molecule has 0 amide bonds. The molecule has 5 nitrogen and oxygen atoms in total. The van der Waals surface area contributed by atoms with Crippen molar-refractivity contribution in [2.75, 3.05) is 6.61 Å². The monoisotopic (exact) mass is 375 g/mol. The first kappa shape index (κ1) is 18.1. The van der Waals surface area contributed by atoms with Crippen molar-refractivity contribution in [2.45, 2.75) is 19.6 Å². The van der Waals surface area contributed by atoms with Gasteiger partial charge in [-0.05, 0) is 42.8 Å². The number of hydrogen-bond acceptors (Lipinski definition) is 3. The van der Waals surface area contributed by atoms with Gasteiger partial charge in [0.1, 0.15) is 18.5 Å². The number of carboxylic acids is 1. The molecule has 1 unspecified atom stereocenters. The molecule has 5 heteroatoms. The standard InChI is InChI=1S/C23H21NO4/c1-15-12-17(10-11-18(15)23(26)27)28-14-16(25)13-24-21-8-4-2-6-19(21)20-7-3-5-9-22(20)24/h2-12,16,25H,13-14H2,1H3,(H,26,27). The van der Waals surface area contributed by atoms with Gasteiger partial charge in [0.05, 0.1) is 12.1 Å². The predicted molar refractivity (Wildman–Crippen MR) is 109 cm³/mol. The molecule has 2 N–H and O–H groups in total. The van der Waals surface area contributed by atoms with Crippen molar-refractivity contribution in [1.82, 2.24) is 4.57 Å². The number of para-hydroxylation sites is 2. The van der Waals surface area contributed by atoms with Crippen molar-refractivity contribution in [2.24, 2.45) is 0 Å². The second kappa shape index (κ2) is 7.37. The lowest BCUT2D eigenvalue weighted by molar-refractivity contribution is 0.0695. The van der Waals surface area contributed by atoms with E-state index in [-0.39, 0.29) is 12.2 Å². The zero-order chi connectivity index (χ0) is 19.7. The minimum atomic E-state index is -0.963. The Hall–Kier alpha value is -3.31. The number of carbonyl (C=O) groups is 1. The molecule has 0 radical (unpaired) electrons. The molecule has 3 aromatic carbocycles. The van der Waals surface area contributed by atoms with Crippen LogP contribution < -0.4 is 4.74 Å². The number of ether oxygens (including phenoxy) is 1. The van der Waals surface area contributed by atoms with Crippen LogP contribution in [0.2, 0.25) is 0 Å². The van der Waals surface area contributed by atoms with E-state index in [4.69, 9.17) is 9.84 Å². The lowest BCUT2D eigenvalue weighted by Crippen LogP contribution is -2.23. The molecule has 4 aromatic rings. The SMILES string of the molecule is Cc1cc(OCC(O)Cn2c3ccccc3c3ccccc32)ccc1C(=O)O. The third-order valence-corrected chi connectivity index (χ3v) is 4.94. The van der Waals surface area contributed by atoms with Crippen LogP contribution in [-0.2, 0) is 6.54 Å². The minimum absolute atomic E-state index is 0.118. The van der Waals surface area contributed by atoms with Crippen LogP contribution in [0.15, 0.2) is 66.7 Å². The number of fused-ring (bicyclic) bond motifs is 3. The molecule has 0 aliphatic carbocycles. The number of rotatable bonds is 6. The second-order valence-electron chi connectivity index (χ2n) is 6.89. The van der Waals surface area contributed by atoms with Crippen LogP contribution in [0.1, 0.15) is 15.9 Å². The Kier molecular flexibility index (Phi) is 4.75. The van der Waals surface area contributed by atoms with Gasteiger partial charge in [0, 0.05) is 21.8 Å². The van der Waals surface area contributed by atoms with E-state index in [2.05, 4.69) is 28.8 Å². The van der Waals surface area contributed by atoms with Gasteiger partial charge in [0.15, 0.2) is 0 Å². The maximum Gasteiger partial charge on any atom is 0.335 e. The van der Waals surface area contributed by atoms with Gasteiger partial charge in [-0.2, -0.15) is 0 Å². The van der Waals surface area contributed by atoms with Gasteiger partial charge in [-0.15, -0.1) is 0 Å². The summed E-state index contributed by atoms with van der Waals surface area (Å²) >= 11 is 0. The Morgan fingerprint density at radius 2 is 1.61 bits per heavy atom. The summed E-state index contributed by atoms with van der Waals surface area (Å²) in [4.78, 5) is 11.1. The fourth-order valence-electron chi connectivity index (χ4n) is 3.62. The molecule has 0 bridgehead atoms. The average Bonchev–Trinajstić information content (AvgIpc) is 3.00. The van der Waals surface area contributed by atoms with E-state index in [1.54, 1.807) is 19.1 Å². The van der Waals surface area contributed by atoms with E-state index in [1.807, 2.05) is 24.3 Å². The molecule has 4 rings (SSSR count). The van der Waals surface area contributed by atoms with E-state index in [0.717, 1.165) is 21.8 Å². The summed E-state index contributed by atoms with van der Waals surface area (Å²) in [5, 5.41) is 22.0. The number of carboxylic acid groups (broad SMARTS) is 1. The number of aliphatic hydroxyl groups is 1. The Balaban J connectivity index is 1.53. The number of nitrogens with zero attached hydrogens (tertiary/aromatic N) is 1. The first-order valence-electron chi connectivity index (χ1n) is 9.15. The number of aromatic nitrogens is 1. The summed E-state index contributed by atoms with van der Waals surface area (Å²) in [6, 6.07) is 21.1. The van der Waals surface area contributed by atoms with Gasteiger partial charge in [0.2, 0.25) is 0 Å².